The van der Waals surface area contributed by atoms with Crippen molar-refractivity contribution in [3.8, 4) is 11.8 Å². The minimum atomic E-state index is -0.131. The molecule has 0 spiro atoms. The number of anilines is 1. The normalized spacial score (nSPS) is 14.9. The van der Waals surface area contributed by atoms with E-state index in [0.29, 0.717) is 0 Å². The van der Waals surface area contributed by atoms with Gasteiger partial charge in [-0.15, -0.1) is 0 Å². The maximum absolute atomic E-state index is 8.53. The summed E-state index contributed by atoms with van der Waals surface area (Å²) in [5, 5.41) is 8.53. The first-order valence-corrected chi connectivity index (χ1v) is 5.07. The molecule has 0 unspecified atom stereocenters. The third kappa shape index (κ3) is 2.45. The fourth-order valence-corrected chi connectivity index (χ4v) is 1.61. The topological polar surface area (TPSA) is 49.3 Å². The number of aliphatic hydroxyl groups is 1. The van der Waals surface area contributed by atoms with E-state index in [2.05, 4.69) is 26.7 Å². The summed E-state index contributed by atoms with van der Waals surface area (Å²) in [6, 6.07) is 0. The van der Waals surface area contributed by atoms with Gasteiger partial charge < -0.3 is 10.0 Å². The molecule has 1 saturated heterocycles. The van der Waals surface area contributed by atoms with E-state index in [4.69, 9.17) is 5.11 Å². The molecule has 4 nitrogen and oxygen atoms in total. The second-order valence-corrected chi connectivity index (χ2v) is 3.43. The molecular formula is C11H13N3O. The lowest BCUT2D eigenvalue weighted by molar-refractivity contribution is 0.350. The Hall–Kier alpha value is -1.60. The number of aromatic nitrogens is 2. The number of hydrogen-bond acceptors (Lipinski definition) is 4. The highest BCUT2D eigenvalue weighted by Crippen LogP contribution is 2.14. The summed E-state index contributed by atoms with van der Waals surface area (Å²) < 4.78 is 0. The van der Waals surface area contributed by atoms with Crippen LogP contribution >= 0.6 is 0 Å². The first kappa shape index (κ1) is 9.94. The smallest absolute Gasteiger partial charge is 0.225 e. The molecule has 0 aromatic carbocycles. The highest BCUT2D eigenvalue weighted by atomic mass is 16.2. The lowest BCUT2D eigenvalue weighted by Crippen LogP contribution is -2.20. The van der Waals surface area contributed by atoms with E-state index < -0.39 is 0 Å². The molecule has 0 radical (unpaired) electrons. The van der Waals surface area contributed by atoms with E-state index in [1.54, 1.807) is 12.4 Å². The summed E-state index contributed by atoms with van der Waals surface area (Å²) in [5.41, 5.74) is 0.743. The number of nitrogens with zero attached hydrogens (tertiary/aromatic N) is 3. The highest BCUT2D eigenvalue weighted by molar-refractivity contribution is 5.36. The van der Waals surface area contributed by atoms with Gasteiger partial charge in [0.15, 0.2) is 0 Å². The van der Waals surface area contributed by atoms with Crippen molar-refractivity contribution in [1.82, 2.24) is 9.97 Å². The van der Waals surface area contributed by atoms with Gasteiger partial charge in [0.25, 0.3) is 0 Å². The minimum Gasteiger partial charge on any atom is -0.384 e. The summed E-state index contributed by atoms with van der Waals surface area (Å²) in [5.74, 6) is 6.11. The van der Waals surface area contributed by atoms with Crippen LogP contribution in [0.4, 0.5) is 5.95 Å². The molecule has 15 heavy (non-hydrogen) atoms. The van der Waals surface area contributed by atoms with Gasteiger partial charge in [0.2, 0.25) is 5.95 Å². The van der Waals surface area contributed by atoms with Crippen molar-refractivity contribution in [2.75, 3.05) is 24.6 Å². The van der Waals surface area contributed by atoms with Gasteiger partial charge in [-0.1, -0.05) is 11.8 Å². The van der Waals surface area contributed by atoms with Crippen LogP contribution in [-0.2, 0) is 0 Å². The van der Waals surface area contributed by atoms with Crippen molar-refractivity contribution >= 4 is 5.95 Å². The van der Waals surface area contributed by atoms with Crippen LogP contribution in [0.15, 0.2) is 12.4 Å². The van der Waals surface area contributed by atoms with E-state index in [-0.39, 0.29) is 6.61 Å². The highest BCUT2D eigenvalue weighted by Gasteiger charge is 2.13. The van der Waals surface area contributed by atoms with Gasteiger partial charge in [-0.05, 0) is 12.8 Å². The van der Waals surface area contributed by atoms with Crippen LogP contribution in [-0.4, -0.2) is 34.8 Å². The molecule has 0 atom stereocenters. The number of aliphatic hydroxyl groups excluding tert-OH is 1. The summed E-state index contributed by atoms with van der Waals surface area (Å²) in [6.07, 6.45) is 5.83. The van der Waals surface area contributed by atoms with Gasteiger partial charge in [0.05, 0.1) is 5.56 Å². The molecule has 78 valence electrons. The van der Waals surface area contributed by atoms with E-state index in [1.807, 2.05) is 0 Å². The molecule has 1 aromatic rings. The lowest BCUT2D eigenvalue weighted by atomic mass is 10.3. The molecule has 2 rings (SSSR count). The Morgan fingerprint density at radius 3 is 2.53 bits per heavy atom. The van der Waals surface area contributed by atoms with Gasteiger partial charge >= 0.3 is 0 Å². The lowest BCUT2D eigenvalue weighted by Gasteiger charge is -2.13. The molecule has 4 heteroatoms. The van der Waals surface area contributed by atoms with Crippen molar-refractivity contribution in [3.63, 3.8) is 0 Å². The van der Waals surface area contributed by atoms with Crippen molar-refractivity contribution in [2.24, 2.45) is 0 Å². The molecular weight excluding hydrogens is 190 g/mol. The first-order valence-electron chi connectivity index (χ1n) is 5.07. The van der Waals surface area contributed by atoms with Crippen LogP contribution in [0.2, 0.25) is 0 Å². The quantitative estimate of drug-likeness (QED) is 0.672. The Morgan fingerprint density at radius 1 is 1.27 bits per heavy atom. The van der Waals surface area contributed by atoms with Crippen LogP contribution in [0.25, 0.3) is 0 Å². The van der Waals surface area contributed by atoms with Gasteiger partial charge in [0.1, 0.15) is 6.61 Å². The third-order valence-electron chi connectivity index (χ3n) is 2.34. The van der Waals surface area contributed by atoms with Gasteiger partial charge in [0, 0.05) is 25.5 Å². The maximum atomic E-state index is 8.53. The van der Waals surface area contributed by atoms with Crippen LogP contribution in [0.1, 0.15) is 18.4 Å². The van der Waals surface area contributed by atoms with E-state index in [1.165, 1.54) is 12.8 Å². The minimum absolute atomic E-state index is 0.131. The third-order valence-corrected chi connectivity index (χ3v) is 2.34. The average molecular weight is 203 g/mol. The molecule has 0 saturated carbocycles. The Kier molecular flexibility index (Phi) is 3.15. The Balaban J connectivity index is 2.09. The summed E-state index contributed by atoms with van der Waals surface area (Å²) in [7, 11) is 0. The van der Waals surface area contributed by atoms with E-state index >= 15 is 0 Å². The van der Waals surface area contributed by atoms with Crippen molar-refractivity contribution in [1.29, 1.82) is 0 Å². The molecule has 1 fully saturated rings. The number of rotatable bonds is 1. The molecule has 1 N–H and O–H groups in total. The zero-order chi connectivity index (χ0) is 10.5. The molecule has 1 aliphatic heterocycles. The zero-order valence-corrected chi connectivity index (χ0v) is 8.48. The monoisotopic (exact) mass is 203 g/mol. The molecule has 2 heterocycles. The van der Waals surface area contributed by atoms with E-state index in [0.717, 1.165) is 24.6 Å². The summed E-state index contributed by atoms with van der Waals surface area (Å²) >= 11 is 0. The van der Waals surface area contributed by atoms with Crippen molar-refractivity contribution < 1.29 is 5.11 Å². The zero-order valence-electron chi connectivity index (χ0n) is 8.48. The second-order valence-electron chi connectivity index (χ2n) is 3.43. The molecule has 1 aliphatic rings. The average Bonchev–Trinajstić information content (AvgIpc) is 2.80. The maximum Gasteiger partial charge on any atom is 0.225 e. The predicted molar refractivity (Wildman–Crippen MR) is 57.4 cm³/mol. The first-order chi connectivity index (χ1) is 7.40. The van der Waals surface area contributed by atoms with Crippen LogP contribution in [0, 0.1) is 11.8 Å². The predicted octanol–water partition coefficient (Wildman–Crippen LogP) is 0.421. The van der Waals surface area contributed by atoms with Gasteiger partial charge in [-0.3, -0.25) is 0 Å². The van der Waals surface area contributed by atoms with Gasteiger partial charge in [-0.25, -0.2) is 9.97 Å². The van der Waals surface area contributed by atoms with Crippen molar-refractivity contribution in [3.05, 3.63) is 18.0 Å². The van der Waals surface area contributed by atoms with Crippen LogP contribution < -0.4 is 4.90 Å². The summed E-state index contributed by atoms with van der Waals surface area (Å²) in [4.78, 5) is 10.7. The second kappa shape index (κ2) is 4.76. The Labute approximate surface area is 89.0 Å². The molecule has 1 aromatic heterocycles. The summed E-state index contributed by atoms with van der Waals surface area (Å²) in [6.45, 7) is 1.96. The molecule has 0 bridgehead atoms. The van der Waals surface area contributed by atoms with E-state index in [9.17, 15) is 0 Å². The Morgan fingerprint density at radius 2 is 1.93 bits per heavy atom. The molecule has 0 amide bonds. The SMILES string of the molecule is OCC#Cc1cnc(N2CCCC2)nc1. The largest absolute Gasteiger partial charge is 0.384 e. The van der Waals surface area contributed by atoms with Crippen LogP contribution in [0.5, 0.6) is 0 Å². The Bertz CT molecular complexity index is 371. The fraction of sp³-hybridized carbons (Fsp3) is 0.455. The van der Waals surface area contributed by atoms with Crippen molar-refractivity contribution in [2.45, 2.75) is 12.8 Å². The molecule has 0 aliphatic carbocycles. The standard InChI is InChI=1S/C11H13N3O/c15-7-3-4-10-8-12-11(13-9-10)14-5-1-2-6-14/h8-9,15H,1-2,5-7H2. The van der Waals surface area contributed by atoms with Gasteiger partial charge in [-0.2, -0.15) is 0 Å². The fourth-order valence-electron chi connectivity index (χ4n) is 1.61. The van der Waals surface area contributed by atoms with Crippen LogP contribution in [0.3, 0.4) is 0 Å². The number of hydrogen-bond donors (Lipinski definition) is 1.